The van der Waals surface area contributed by atoms with Crippen molar-refractivity contribution in [1.29, 1.82) is 0 Å². The molecule has 31 heavy (non-hydrogen) atoms. The Morgan fingerprint density at radius 2 is 1.77 bits per heavy atom. The first-order valence-electron chi connectivity index (χ1n) is 9.76. The molecule has 0 spiro atoms. The van der Waals surface area contributed by atoms with E-state index in [1.54, 1.807) is 22.7 Å². The van der Waals surface area contributed by atoms with Crippen LogP contribution in [0.5, 0.6) is 0 Å². The maximum Gasteiger partial charge on any atom is 0.207 e. The summed E-state index contributed by atoms with van der Waals surface area (Å²) in [6, 6.07) is 15.2. The third-order valence-electron chi connectivity index (χ3n) is 5.51. The zero-order valence-corrected chi connectivity index (χ0v) is 20.4. The second kappa shape index (κ2) is 9.02. The van der Waals surface area contributed by atoms with Crippen LogP contribution >= 0.6 is 39.7 Å². The number of benzene rings is 2. The Balaban J connectivity index is 0.00000231. The number of nitrogens with zero attached hydrogens (tertiary/aromatic N) is 3. The number of hydrogen-bond acceptors (Lipinski definition) is 5. The maximum atomic E-state index is 13.5. The van der Waals surface area contributed by atoms with E-state index in [9.17, 15) is 4.39 Å². The lowest BCUT2D eigenvalue weighted by molar-refractivity contribution is 0.624. The van der Waals surface area contributed by atoms with Crippen LogP contribution in [0.1, 0.15) is 34.7 Å². The van der Waals surface area contributed by atoms with Crippen LogP contribution in [0, 0.1) is 19.7 Å². The predicted octanol–water partition coefficient (Wildman–Crippen LogP) is 7.56. The number of anilines is 1. The van der Waals surface area contributed by atoms with Crippen molar-refractivity contribution in [3.8, 4) is 11.3 Å². The van der Waals surface area contributed by atoms with Gasteiger partial charge in [0.15, 0.2) is 0 Å². The molecule has 0 fully saturated rings. The molecule has 0 amide bonds. The molecule has 0 saturated heterocycles. The Kier molecular flexibility index (Phi) is 6.36. The molecule has 3 nitrogen and oxygen atoms in total. The van der Waals surface area contributed by atoms with Crippen molar-refractivity contribution >= 4 is 50.5 Å². The Labute approximate surface area is 199 Å². The van der Waals surface area contributed by atoms with Gasteiger partial charge >= 0.3 is 0 Å². The van der Waals surface area contributed by atoms with E-state index in [-0.39, 0.29) is 28.8 Å². The first-order chi connectivity index (χ1) is 14.6. The minimum atomic E-state index is -0.228. The first-order valence-corrected chi connectivity index (χ1v) is 11.6. The molecule has 0 N–H and O–H groups in total. The molecule has 1 atom stereocenters. The van der Waals surface area contributed by atoms with E-state index < -0.39 is 0 Å². The molecular weight excluding hydrogens is 493 g/mol. The molecule has 7 heteroatoms. The van der Waals surface area contributed by atoms with Crippen LogP contribution in [0.4, 0.5) is 9.52 Å². The maximum absolute atomic E-state index is 13.5. The topological polar surface area (TPSA) is 28.5 Å². The van der Waals surface area contributed by atoms with Crippen molar-refractivity contribution in [1.82, 2.24) is 4.98 Å². The lowest BCUT2D eigenvalue weighted by Crippen LogP contribution is -2.18. The Hall–Kier alpha value is -2.35. The van der Waals surface area contributed by atoms with Crippen LogP contribution in [0.25, 0.3) is 11.3 Å². The molecule has 0 bridgehead atoms. The average Bonchev–Trinajstić information content (AvgIpc) is 3.50. The summed E-state index contributed by atoms with van der Waals surface area (Å²) in [7, 11) is 0. The highest BCUT2D eigenvalue weighted by atomic mass is 79.9. The van der Waals surface area contributed by atoms with Gasteiger partial charge in [-0.25, -0.2) is 14.4 Å². The molecule has 4 aromatic rings. The number of hydrazone groups is 1. The summed E-state index contributed by atoms with van der Waals surface area (Å²) in [5.41, 5.74) is 7.80. The number of aromatic nitrogens is 1. The Morgan fingerprint density at radius 3 is 2.48 bits per heavy atom. The summed E-state index contributed by atoms with van der Waals surface area (Å²) in [6.45, 7) is 4.23. The smallest absolute Gasteiger partial charge is 0.207 e. The van der Waals surface area contributed by atoms with Gasteiger partial charge in [0.2, 0.25) is 5.13 Å². The third kappa shape index (κ3) is 4.35. The van der Waals surface area contributed by atoms with Gasteiger partial charge in [-0.15, -0.1) is 28.3 Å². The SMILES string of the molecule is Br.Cc1ccc(-c2csc(N3N=C(c4ccsc4)CC3c3ccc(F)cc3)n2)cc1C. The highest BCUT2D eigenvalue weighted by molar-refractivity contribution is 8.93. The lowest BCUT2D eigenvalue weighted by Gasteiger charge is -2.21. The molecule has 158 valence electrons. The average molecular weight is 514 g/mol. The van der Waals surface area contributed by atoms with E-state index in [0.29, 0.717) is 0 Å². The molecule has 1 unspecified atom stereocenters. The van der Waals surface area contributed by atoms with Crippen LogP contribution < -0.4 is 5.01 Å². The number of rotatable bonds is 4. The van der Waals surface area contributed by atoms with Crippen molar-refractivity contribution in [3.05, 3.63) is 92.7 Å². The quantitative estimate of drug-likeness (QED) is 0.281. The zero-order chi connectivity index (χ0) is 20.7. The monoisotopic (exact) mass is 513 g/mol. The summed E-state index contributed by atoms with van der Waals surface area (Å²) < 4.78 is 13.5. The zero-order valence-electron chi connectivity index (χ0n) is 17.1. The fourth-order valence-electron chi connectivity index (χ4n) is 3.64. The van der Waals surface area contributed by atoms with Crippen LogP contribution in [0.3, 0.4) is 0 Å². The van der Waals surface area contributed by atoms with Crippen LogP contribution in [0.2, 0.25) is 0 Å². The van der Waals surface area contributed by atoms with Crippen LogP contribution in [0.15, 0.2) is 69.8 Å². The molecule has 1 aliphatic heterocycles. The molecule has 1 aliphatic rings. The molecule has 0 saturated carbocycles. The van der Waals surface area contributed by atoms with Gasteiger partial charge in [0.05, 0.1) is 17.4 Å². The first kappa shape index (κ1) is 21.9. The summed E-state index contributed by atoms with van der Waals surface area (Å²) in [5, 5.41) is 14.0. The molecule has 2 aromatic heterocycles. The third-order valence-corrected chi connectivity index (χ3v) is 7.02. The van der Waals surface area contributed by atoms with Crippen LogP contribution in [-0.2, 0) is 0 Å². The lowest BCUT2D eigenvalue weighted by atomic mass is 10.00. The van der Waals surface area contributed by atoms with Gasteiger partial charge in [0.1, 0.15) is 5.82 Å². The standard InChI is InChI=1S/C24H20FN3S2.BrH/c1-15-3-4-18(11-16(15)2)22-14-30-24(26-22)28-23(17-5-7-20(25)8-6-17)12-21(27-28)19-9-10-29-13-19;/h3-11,13-14,23H,12H2,1-2H3;1H. The van der Waals surface area contributed by atoms with Crippen LogP contribution in [-0.4, -0.2) is 10.7 Å². The Morgan fingerprint density at radius 1 is 0.968 bits per heavy atom. The summed E-state index contributed by atoms with van der Waals surface area (Å²) in [4.78, 5) is 4.91. The van der Waals surface area contributed by atoms with E-state index in [1.165, 1.54) is 23.3 Å². The van der Waals surface area contributed by atoms with Crippen molar-refractivity contribution in [2.75, 3.05) is 5.01 Å². The summed E-state index contributed by atoms with van der Waals surface area (Å²) in [5.74, 6) is -0.228. The predicted molar refractivity (Wildman–Crippen MR) is 134 cm³/mol. The van der Waals surface area contributed by atoms with E-state index in [2.05, 4.69) is 54.3 Å². The van der Waals surface area contributed by atoms with Crippen molar-refractivity contribution in [3.63, 3.8) is 0 Å². The van der Waals surface area contributed by atoms with E-state index in [1.807, 2.05) is 17.1 Å². The van der Waals surface area contributed by atoms with E-state index >= 15 is 0 Å². The minimum Gasteiger partial charge on any atom is -0.231 e. The number of halogens is 2. The van der Waals surface area contributed by atoms with Gasteiger partial charge in [-0.05, 0) is 65.6 Å². The summed E-state index contributed by atoms with van der Waals surface area (Å²) in [6.07, 6.45) is 0.765. The van der Waals surface area contributed by atoms with Gasteiger partial charge in [0.25, 0.3) is 0 Å². The van der Waals surface area contributed by atoms with Crippen molar-refractivity contribution in [2.24, 2.45) is 5.10 Å². The summed E-state index contributed by atoms with van der Waals surface area (Å²) >= 11 is 3.25. The molecule has 0 radical (unpaired) electrons. The fraction of sp³-hybridized carbons (Fsp3) is 0.167. The van der Waals surface area contributed by atoms with Gasteiger partial charge in [-0.1, -0.05) is 24.3 Å². The number of hydrogen-bond donors (Lipinski definition) is 0. The van der Waals surface area contributed by atoms with E-state index in [4.69, 9.17) is 10.1 Å². The van der Waals surface area contributed by atoms with Gasteiger partial charge in [-0.3, -0.25) is 0 Å². The largest absolute Gasteiger partial charge is 0.231 e. The van der Waals surface area contributed by atoms with Crippen molar-refractivity contribution in [2.45, 2.75) is 26.3 Å². The molecule has 3 heterocycles. The highest BCUT2D eigenvalue weighted by Crippen LogP contribution is 2.39. The van der Waals surface area contributed by atoms with E-state index in [0.717, 1.165) is 39.6 Å². The molecule has 2 aromatic carbocycles. The van der Waals surface area contributed by atoms with Gasteiger partial charge < -0.3 is 0 Å². The van der Waals surface area contributed by atoms with Crippen molar-refractivity contribution < 1.29 is 4.39 Å². The minimum absolute atomic E-state index is 0. The number of aryl methyl sites for hydroxylation is 2. The highest BCUT2D eigenvalue weighted by Gasteiger charge is 2.32. The van der Waals surface area contributed by atoms with Gasteiger partial charge in [0, 0.05) is 22.9 Å². The second-order valence-electron chi connectivity index (χ2n) is 7.49. The molecular formula is C24H21BrFN3S2. The number of thiophene rings is 1. The fourth-order valence-corrected chi connectivity index (χ4v) is 5.14. The normalized spacial score (nSPS) is 15.6. The Bertz CT molecular complexity index is 1220. The second-order valence-corrected chi connectivity index (χ2v) is 9.11. The molecule has 0 aliphatic carbocycles. The molecule has 5 rings (SSSR count). The number of thiazole rings is 1. The van der Waals surface area contributed by atoms with Gasteiger partial charge in [-0.2, -0.15) is 16.4 Å².